The molecule has 0 bridgehead atoms. The Balaban J connectivity index is 1.61. The third-order valence-electron chi connectivity index (χ3n) is 5.12. The quantitative estimate of drug-likeness (QED) is 0.844. The standard InChI is InChI=1S/C17H21N/c1-11(18-10-12-6-7-12)14-5-3-4-13-8-17(2)9-15(17)16(13)14/h3-5,12,15,18H,1,6-10H2,2H3. The highest BCUT2D eigenvalue weighted by molar-refractivity contribution is 5.69. The van der Waals surface area contributed by atoms with Crippen LogP contribution in [0, 0.1) is 11.3 Å². The van der Waals surface area contributed by atoms with E-state index in [0.29, 0.717) is 5.41 Å². The average Bonchev–Trinajstić information content (AvgIpc) is 3.25. The summed E-state index contributed by atoms with van der Waals surface area (Å²) < 4.78 is 0. The van der Waals surface area contributed by atoms with Gasteiger partial charge < -0.3 is 5.32 Å². The summed E-state index contributed by atoms with van der Waals surface area (Å²) in [6.07, 6.45) is 5.45. The van der Waals surface area contributed by atoms with Gasteiger partial charge >= 0.3 is 0 Å². The molecular formula is C17H21N. The molecule has 0 radical (unpaired) electrons. The van der Waals surface area contributed by atoms with Crippen molar-refractivity contribution in [3.05, 3.63) is 41.5 Å². The predicted molar refractivity (Wildman–Crippen MR) is 75.4 cm³/mol. The smallest absolute Gasteiger partial charge is 0.0343 e. The lowest BCUT2D eigenvalue weighted by Gasteiger charge is -2.14. The first-order valence-electron chi connectivity index (χ1n) is 7.22. The lowest BCUT2D eigenvalue weighted by atomic mass is 9.97. The molecule has 1 heteroatoms. The van der Waals surface area contributed by atoms with Crippen molar-refractivity contribution in [2.45, 2.75) is 38.5 Å². The van der Waals surface area contributed by atoms with E-state index < -0.39 is 0 Å². The molecule has 0 aromatic heterocycles. The first kappa shape index (κ1) is 10.7. The molecule has 94 valence electrons. The number of hydrogen-bond donors (Lipinski definition) is 1. The lowest BCUT2D eigenvalue weighted by Crippen LogP contribution is -2.15. The van der Waals surface area contributed by atoms with E-state index >= 15 is 0 Å². The van der Waals surface area contributed by atoms with Crippen LogP contribution in [0.3, 0.4) is 0 Å². The van der Waals surface area contributed by atoms with E-state index in [1.54, 1.807) is 11.1 Å². The summed E-state index contributed by atoms with van der Waals surface area (Å²) in [5.41, 5.74) is 6.29. The molecule has 3 aliphatic rings. The number of rotatable bonds is 4. The van der Waals surface area contributed by atoms with Crippen LogP contribution in [0.5, 0.6) is 0 Å². The second-order valence-corrected chi connectivity index (χ2v) is 6.77. The molecular weight excluding hydrogens is 218 g/mol. The van der Waals surface area contributed by atoms with Crippen molar-refractivity contribution in [2.75, 3.05) is 6.54 Å². The van der Waals surface area contributed by atoms with Gasteiger partial charge in [-0.2, -0.15) is 0 Å². The van der Waals surface area contributed by atoms with Gasteiger partial charge in [-0.25, -0.2) is 0 Å². The summed E-state index contributed by atoms with van der Waals surface area (Å²) >= 11 is 0. The Bertz CT molecular complexity index is 526. The highest BCUT2D eigenvalue weighted by Gasteiger charge is 2.56. The van der Waals surface area contributed by atoms with Crippen molar-refractivity contribution >= 4 is 5.70 Å². The van der Waals surface area contributed by atoms with Crippen LogP contribution in [0.15, 0.2) is 24.8 Å². The topological polar surface area (TPSA) is 12.0 Å². The van der Waals surface area contributed by atoms with E-state index in [0.717, 1.165) is 24.1 Å². The molecule has 2 atom stereocenters. The van der Waals surface area contributed by atoms with Gasteiger partial charge in [-0.05, 0) is 54.1 Å². The highest BCUT2D eigenvalue weighted by atomic mass is 14.9. The molecule has 1 nitrogen and oxygen atoms in total. The van der Waals surface area contributed by atoms with Crippen LogP contribution in [-0.4, -0.2) is 6.54 Å². The Hall–Kier alpha value is -1.24. The summed E-state index contributed by atoms with van der Waals surface area (Å²) in [6.45, 7) is 7.81. The van der Waals surface area contributed by atoms with E-state index in [9.17, 15) is 0 Å². The minimum absolute atomic E-state index is 0.579. The van der Waals surface area contributed by atoms with E-state index in [1.807, 2.05) is 0 Å². The van der Waals surface area contributed by atoms with Crippen LogP contribution in [0.25, 0.3) is 5.70 Å². The summed E-state index contributed by atoms with van der Waals surface area (Å²) in [5.74, 6) is 1.72. The minimum atomic E-state index is 0.579. The highest BCUT2D eigenvalue weighted by Crippen LogP contribution is 2.67. The van der Waals surface area contributed by atoms with Gasteiger partial charge in [-0.15, -0.1) is 0 Å². The zero-order chi connectivity index (χ0) is 12.3. The largest absolute Gasteiger partial charge is 0.385 e. The maximum Gasteiger partial charge on any atom is 0.0343 e. The van der Waals surface area contributed by atoms with Gasteiger partial charge in [0.2, 0.25) is 0 Å². The molecule has 1 aromatic rings. The molecule has 0 spiro atoms. The number of hydrogen-bond acceptors (Lipinski definition) is 1. The maximum atomic E-state index is 4.27. The van der Waals surface area contributed by atoms with Gasteiger partial charge in [0.05, 0.1) is 0 Å². The Morgan fingerprint density at radius 2 is 2.28 bits per heavy atom. The van der Waals surface area contributed by atoms with E-state index in [1.165, 1.54) is 31.2 Å². The summed E-state index contributed by atoms with van der Waals surface area (Å²) in [5, 5.41) is 3.55. The number of nitrogens with one attached hydrogen (secondary N) is 1. The van der Waals surface area contributed by atoms with E-state index in [2.05, 4.69) is 37.0 Å². The Kier molecular flexibility index (Phi) is 2.02. The zero-order valence-corrected chi connectivity index (χ0v) is 11.1. The molecule has 3 aliphatic carbocycles. The second-order valence-electron chi connectivity index (χ2n) is 6.77. The van der Waals surface area contributed by atoms with E-state index in [-0.39, 0.29) is 0 Å². The van der Waals surface area contributed by atoms with Gasteiger partial charge in [-0.1, -0.05) is 31.7 Å². The average molecular weight is 239 g/mol. The van der Waals surface area contributed by atoms with Crippen LogP contribution in [0.1, 0.15) is 48.8 Å². The minimum Gasteiger partial charge on any atom is -0.385 e. The molecule has 0 amide bonds. The fourth-order valence-electron chi connectivity index (χ4n) is 3.61. The molecule has 2 unspecified atom stereocenters. The SMILES string of the molecule is C=C(NCC1CC1)c1cccc2c1C1CC1(C)C2. The van der Waals surface area contributed by atoms with Crippen LogP contribution in [-0.2, 0) is 6.42 Å². The number of benzene rings is 1. The Morgan fingerprint density at radius 1 is 1.44 bits per heavy atom. The van der Waals surface area contributed by atoms with Gasteiger partial charge in [0, 0.05) is 17.8 Å². The molecule has 2 saturated carbocycles. The molecule has 1 aromatic carbocycles. The summed E-state index contributed by atoms with van der Waals surface area (Å²) in [6, 6.07) is 6.77. The van der Waals surface area contributed by atoms with Gasteiger partial charge in [0.15, 0.2) is 0 Å². The van der Waals surface area contributed by atoms with Gasteiger partial charge in [0.25, 0.3) is 0 Å². The van der Waals surface area contributed by atoms with Crippen LogP contribution >= 0.6 is 0 Å². The van der Waals surface area contributed by atoms with Crippen LogP contribution in [0.2, 0.25) is 0 Å². The van der Waals surface area contributed by atoms with Crippen LogP contribution in [0.4, 0.5) is 0 Å². The fourth-order valence-corrected chi connectivity index (χ4v) is 3.61. The van der Waals surface area contributed by atoms with Gasteiger partial charge in [0.1, 0.15) is 0 Å². The van der Waals surface area contributed by atoms with Crippen LogP contribution < -0.4 is 5.32 Å². The molecule has 0 heterocycles. The fraction of sp³-hybridized carbons (Fsp3) is 0.529. The van der Waals surface area contributed by atoms with Crippen molar-refractivity contribution in [2.24, 2.45) is 11.3 Å². The molecule has 0 saturated heterocycles. The molecule has 18 heavy (non-hydrogen) atoms. The van der Waals surface area contributed by atoms with E-state index in [4.69, 9.17) is 0 Å². The zero-order valence-electron chi connectivity index (χ0n) is 11.1. The first-order chi connectivity index (χ1) is 8.67. The Morgan fingerprint density at radius 3 is 3.06 bits per heavy atom. The lowest BCUT2D eigenvalue weighted by molar-refractivity contribution is 0.579. The second kappa shape index (κ2) is 3.40. The molecule has 1 N–H and O–H groups in total. The van der Waals surface area contributed by atoms with Crippen molar-refractivity contribution in [3.63, 3.8) is 0 Å². The van der Waals surface area contributed by atoms with Gasteiger partial charge in [-0.3, -0.25) is 0 Å². The summed E-state index contributed by atoms with van der Waals surface area (Å²) in [4.78, 5) is 0. The molecule has 0 aliphatic heterocycles. The first-order valence-corrected chi connectivity index (χ1v) is 7.22. The molecule has 2 fully saturated rings. The normalized spacial score (nSPS) is 31.7. The third kappa shape index (κ3) is 1.53. The molecule has 4 rings (SSSR count). The summed E-state index contributed by atoms with van der Waals surface area (Å²) in [7, 11) is 0. The third-order valence-corrected chi connectivity index (χ3v) is 5.12. The Labute approximate surface area is 109 Å². The number of fused-ring (bicyclic) bond motifs is 3. The van der Waals surface area contributed by atoms with Crippen molar-refractivity contribution < 1.29 is 0 Å². The van der Waals surface area contributed by atoms with Crippen molar-refractivity contribution in [1.29, 1.82) is 0 Å². The monoisotopic (exact) mass is 239 g/mol. The van der Waals surface area contributed by atoms with Crippen molar-refractivity contribution in [3.8, 4) is 0 Å². The predicted octanol–water partition coefficient (Wildman–Crippen LogP) is 3.71. The maximum absolute atomic E-state index is 4.27. The van der Waals surface area contributed by atoms with Crippen molar-refractivity contribution in [1.82, 2.24) is 5.32 Å².